The van der Waals surface area contributed by atoms with Crippen molar-refractivity contribution < 1.29 is 14.8 Å². The van der Waals surface area contributed by atoms with Crippen LogP contribution in [-0.2, 0) is 0 Å². The number of hydrogen-bond donors (Lipinski definition) is 2. The fraction of sp³-hybridized carbons (Fsp3) is 0.0714. The Morgan fingerprint density at radius 1 is 1.05 bits per heavy atom. The normalized spacial score (nSPS) is 10.7. The molecule has 0 bridgehead atoms. The lowest BCUT2D eigenvalue weighted by Crippen LogP contribution is -2.32. The van der Waals surface area contributed by atoms with Gasteiger partial charge in [0, 0.05) is 6.21 Å². The maximum Gasteiger partial charge on any atom is 0.489 e. The van der Waals surface area contributed by atoms with Gasteiger partial charge in [-0.1, -0.05) is 24.3 Å². The Morgan fingerprint density at radius 3 is 2.37 bits per heavy atom. The van der Waals surface area contributed by atoms with Crippen LogP contribution in [0, 0.1) is 0 Å². The minimum Gasteiger partial charge on any atom is -0.497 e. The number of nitrogens with zero attached hydrogens (tertiary/aromatic N) is 1. The number of rotatable bonds is 4. The Balaban J connectivity index is 2.22. The molecule has 0 spiro atoms. The van der Waals surface area contributed by atoms with E-state index < -0.39 is 7.12 Å². The Morgan fingerprint density at radius 2 is 1.74 bits per heavy atom. The van der Waals surface area contributed by atoms with Gasteiger partial charge in [-0.25, -0.2) is 0 Å². The van der Waals surface area contributed by atoms with Crippen molar-refractivity contribution in [3.8, 4) is 5.75 Å². The van der Waals surface area contributed by atoms with Crippen LogP contribution in [0.2, 0.25) is 0 Å². The molecule has 0 aromatic heterocycles. The van der Waals surface area contributed by atoms with E-state index in [0.29, 0.717) is 11.0 Å². The second-order valence-electron chi connectivity index (χ2n) is 3.96. The Hall–Kier alpha value is -2.11. The summed E-state index contributed by atoms with van der Waals surface area (Å²) in [6.45, 7) is 0. The second kappa shape index (κ2) is 6.18. The second-order valence-corrected chi connectivity index (χ2v) is 3.96. The van der Waals surface area contributed by atoms with Crippen molar-refractivity contribution in [3.63, 3.8) is 0 Å². The molecular formula is C14H14BNO3. The zero-order chi connectivity index (χ0) is 13.7. The summed E-state index contributed by atoms with van der Waals surface area (Å²) in [5.74, 6) is 0.769. The summed E-state index contributed by atoms with van der Waals surface area (Å²) in [4.78, 5) is 4.29. The molecule has 0 aliphatic heterocycles. The van der Waals surface area contributed by atoms with E-state index in [1.807, 2.05) is 30.3 Å². The number of methoxy groups -OCH3 is 1. The summed E-state index contributed by atoms with van der Waals surface area (Å²) in [5, 5.41) is 18.5. The largest absolute Gasteiger partial charge is 0.497 e. The molecule has 5 heteroatoms. The molecule has 0 atom stereocenters. The fourth-order valence-corrected chi connectivity index (χ4v) is 1.68. The van der Waals surface area contributed by atoms with Crippen LogP contribution in [0.3, 0.4) is 0 Å². The molecule has 2 rings (SSSR count). The zero-order valence-electron chi connectivity index (χ0n) is 10.5. The van der Waals surface area contributed by atoms with E-state index >= 15 is 0 Å². The van der Waals surface area contributed by atoms with Crippen LogP contribution in [0.1, 0.15) is 5.56 Å². The minimum atomic E-state index is -1.50. The van der Waals surface area contributed by atoms with Gasteiger partial charge in [-0.3, -0.25) is 4.99 Å². The summed E-state index contributed by atoms with van der Waals surface area (Å²) >= 11 is 0. The molecule has 0 unspecified atom stereocenters. The Kier molecular flexibility index (Phi) is 4.33. The van der Waals surface area contributed by atoms with Crippen LogP contribution in [0.4, 0.5) is 5.69 Å². The monoisotopic (exact) mass is 255 g/mol. The number of ether oxygens (including phenoxy) is 1. The fourth-order valence-electron chi connectivity index (χ4n) is 1.68. The quantitative estimate of drug-likeness (QED) is 0.635. The van der Waals surface area contributed by atoms with Crippen molar-refractivity contribution >= 4 is 24.5 Å². The van der Waals surface area contributed by atoms with Gasteiger partial charge in [0.1, 0.15) is 5.75 Å². The molecule has 2 aromatic rings. The van der Waals surface area contributed by atoms with Crippen LogP contribution < -0.4 is 10.2 Å². The summed E-state index contributed by atoms with van der Waals surface area (Å²) in [6.07, 6.45) is 1.61. The summed E-state index contributed by atoms with van der Waals surface area (Å²) in [6, 6.07) is 14.3. The van der Waals surface area contributed by atoms with Crippen molar-refractivity contribution in [1.82, 2.24) is 0 Å². The molecule has 0 fully saturated rings. The smallest absolute Gasteiger partial charge is 0.489 e. The van der Waals surface area contributed by atoms with E-state index in [0.717, 1.165) is 11.4 Å². The van der Waals surface area contributed by atoms with Crippen LogP contribution in [0.5, 0.6) is 5.75 Å². The number of benzene rings is 2. The molecule has 2 aromatic carbocycles. The number of aliphatic imine (C=N–C) groups is 1. The number of hydrogen-bond acceptors (Lipinski definition) is 4. The van der Waals surface area contributed by atoms with E-state index in [1.54, 1.807) is 31.5 Å². The summed E-state index contributed by atoms with van der Waals surface area (Å²) in [7, 11) is 0.107. The van der Waals surface area contributed by atoms with Crippen molar-refractivity contribution in [2.45, 2.75) is 0 Å². The summed E-state index contributed by atoms with van der Waals surface area (Å²) < 4.78 is 5.06. The molecule has 0 aliphatic carbocycles. The van der Waals surface area contributed by atoms with E-state index in [9.17, 15) is 10.0 Å². The predicted octanol–water partition coefficient (Wildman–Crippen LogP) is 1.13. The first-order chi connectivity index (χ1) is 9.20. The molecular weight excluding hydrogens is 241 g/mol. The molecule has 0 radical (unpaired) electrons. The van der Waals surface area contributed by atoms with Gasteiger partial charge in [0.15, 0.2) is 0 Å². The van der Waals surface area contributed by atoms with Gasteiger partial charge in [0.05, 0.1) is 12.8 Å². The summed E-state index contributed by atoms with van der Waals surface area (Å²) in [5.41, 5.74) is 1.87. The highest BCUT2D eigenvalue weighted by atomic mass is 16.5. The Bertz CT molecular complexity index is 567. The van der Waals surface area contributed by atoms with Crippen LogP contribution in [-0.4, -0.2) is 30.5 Å². The lowest BCUT2D eigenvalue weighted by molar-refractivity contribution is 0.415. The van der Waals surface area contributed by atoms with E-state index in [-0.39, 0.29) is 0 Å². The van der Waals surface area contributed by atoms with Gasteiger partial charge >= 0.3 is 7.12 Å². The molecule has 0 amide bonds. The topological polar surface area (TPSA) is 62.0 Å². The highest BCUT2D eigenvalue weighted by molar-refractivity contribution is 6.60. The molecule has 0 saturated heterocycles. The molecule has 96 valence electrons. The maximum atomic E-state index is 9.25. The van der Waals surface area contributed by atoms with Gasteiger partial charge in [0.2, 0.25) is 0 Å². The van der Waals surface area contributed by atoms with Gasteiger partial charge in [-0.2, -0.15) is 0 Å². The zero-order valence-corrected chi connectivity index (χ0v) is 10.5. The molecule has 0 saturated carbocycles. The van der Waals surface area contributed by atoms with Crippen LogP contribution in [0.15, 0.2) is 53.5 Å². The van der Waals surface area contributed by atoms with Crippen molar-refractivity contribution in [1.29, 1.82) is 0 Å². The standard InChI is InChI=1S/C14H14BNO3/c1-19-13-8-6-12(7-9-13)16-10-11-4-2-3-5-14(11)15(17)18/h2-10,17-18H,1H3. The van der Waals surface area contributed by atoms with Crippen LogP contribution in [0.25, 0.3) is 0 Å². The lowest BCUT2D eigenvalue weighted by Gasteiger charge is -2.03. The van der Waals surface area contributed by atoms with E-state index in [1.165, 1.54) is 0 Å². The van der Waals surface area contributed by atoms with Crippen molar-refractivity contribution in [2.24, 2.45) is 4.99 Å². The third-order valence-electron chi connectivity index (χ3n) is 2.70. The first kappa shape index (κ1) is 13.3. The molecule has 19 heavy (non-hydrogen) atoms. The van der Waals surface area contributed by atoms with E-state index in [2.05, 4.69) is 4.99 Å². The molecule has 4 nitrogen and oxygen atoms in total. The van der Waals surface area contributed by atoms with Gasteiger partial charge < -0.3 is 14.8 Å². The first-order valence-corrected chi connectivity index (χ1v) is 5.84. The molecule has 0 heterocycles. The average molecular weight is 255 g/mol. The van der Waals surface area contributed by atoms with Crippen molar-refractivity contribution in [3.05, 3.63) is 54.1 Å². The molecule has 0 aliphatic rings. The van der Waals surface area contributed by atoms with E-state index in [4.69, 9.17) is 4.74 Å². The highest BCUT2D eigenvalue weighted by Gasteiger charge is 2.13. The lowest BCUT2D eigenvalue weighted by atomic mass is 9.77. The third-order valence-corrected chi connectivity index (χ3v) is 2.70. The predicted molar refractivity (Wildman–Crippen MR) is 76.5 cm³/mol. The van der Waals surface area contributed by atoms with Gasteiger partial charge in [0.25, 0.3) is 0 Å². The first-order valence-electron chi connectivity index (χ1n) is 5.84. The average Bonchev–Trinajstić information content (AvgIpc) is 2.46. The SMILES string of the molecule is COc1ccc(N=Cc2ccccc2B(O)O)cc1. The third kappa shape index (κ3) is 3.43. The Labute approximate surface area is 112 Å². The van der Waals surface area contributed by atoms with Gasteiger partial charge in [-0.05, 0) is 35.3 Å². The highest BCUT2D eigenvalue weighted by Crippen LogP contribution is 2.17. The van der Waals surface area contributed by atoms with Crippen molar-refractivity contribution in [2.75, 3.05) is 7.11 Å². The minimum absolute atomic E-state index is 0.430. The maximum absolute atomic E-state index is 9.25. The van der Waals surface area contributed by atoms with Gasteiger partial charge in [-0.15, -0.1) is 0 Å². The molecule has 2 N–H and O–H groups in total. The van der Waals surface area contributed by atoms with Crippen LogP contribution >= 0.6 is 0 Å².